The van der Waals surface area contributed by atoms with Gasteiger partial charge in [0.15, 0.2) is 0 Å². The highest BCUT2D eigenvalue weighted by atomic mass is 32.1. The molecule has 2 N–H and O–H groups in total. The van der Waals surface area contributed by atoms with Crippen LogP contribution in [0.4, 0.5) is 0 Å². The van der Waals surface area contributed by atoms with Crippen LogP contribution >= 0.6 is 22.9 Å². The summed E-state index contributed by atoms with van der Waals surface area (Å²) in [4.78, 5) is 26.7. The number of aryl methyl sites for hydroxylation is 2. The number of hydrogen-bond donors (Lipinski definition) is 2. The zero-order valence-electron chi connectivity index (χ0n) is 14.8. The van der Waals surface area contributed by atoms with Gasteiger partial charge in [0.1, 0.15) is 4.88 Å². The van der Waals surface area contributed by atoms with Crippen molar-refractivity contribution >= 4 is 34.7 Å². The van der Waals surface area contributed by atoms with Crippen molar-refractivity contribution in [2.45, 2.75) is 47.0 Å². The molecular formula is C17H22N4O2S2. The molecule has 0 saturated heterocycles. The molecule has 0 unspecified atom stereocenters. The summed E-state index contributed by atoms with van der Waals surface area (Å²) in [6.07, 6.45) is 3.19. The second-order valence-electron chi connectivity index (χ2n) is 7.46. The summed E-state index contributed by atoms with van der Waals surface area (Å²) in [5, 5.41) is 3.79. The van der Waals surface area contributed by atoms with Gasteiger partial charge in [-0.3, -0.25) is 20.4 Å². The molecule has 0 aromatic carbocycles. The van der Waals surface area contributed by atoms with Crippen molar-refractivity contribution in [2.24, 2.45) is 11.3 Å². The number of fused-ring (bicyclic) bond motifs is 1. The smallest absolute Gasteiger partial charge is 0.266 e. The Balaban J connectivity index is 1.64. The van der Waals surface area contributed by atoms with E-state index >= 15 is 0 Å². The molecule has 6 nitrogen and oxygen atoms in total. The van der Waals surface area contributed by atoms with Gasteiger partial charge in [0, 0.05) is 4.88 Å². The fourth-order valence-electron chi connectivity index (χ4n) is 3.05. The lowest BCUT2D eigenvalue weighted by Gasteiger charge is -2.33. The monoisotopic (exact) mass is 378 g/mol. The Morgan fingerprint density at radius 1 is 1.24 bits per heavy atom. The summed E-state index contributed by atoms with van der Waals surface area (Å²) < 4.78 is 3.72. The minimum atomic E-state index is -0.394. The van der Waals surface area contributed by atoms with Crippen LogP contribution in [0.3, 0.4) is 0 Å². The van der Waals surface area contributed by atoms with Crippen LogP contribution in [0.2, 0.25) is 0 Å². The Hall–Kier alpha value is -1.80. The van der Waals surface area contributed by atoms with Crippen molar-refractivity contribution in [3.63, 3.8) is 0 Å². The molecule has 0 radical (unpaired) electrons. The Morgan fingerprint density at radius 3 is 2.60 bits per heavy atom. The zero-order valence-corrected chi connectivity index (χ0v) is 16.4. The molecule has 0 aliphatic heterocycles. The molecule has 1 aliphatic carbocycles. The van der Waals surface area contributed by atoms with E-state index in [9.17, 15) is 9.59 Å². The fourth-order valence-corrected chi connectivity index (χ4v) is 4.70. The molecule has 0 bridgehead atoms. The third-order valence-electron chi connectivity index (χ3n) is 4.68. The molecule has 0 saturated carbocycles. The molecule has 2 amide bonds. The first-order valence-electron chi connectivity index (χ1n) is 8.27. The highest BCUT2D eigenvalue weighted by molar-refractivity contribution is 7.14. The zero-order chi connectivity index (χ0) is 18.2. The maximum Gasteiger partial charge on any atom is 0.283 e. The van der Waals surface area contributed by atoms with E-state index in [2.05, 4.69) is 41.2 Å². The quantitative estimate of drug-likeness (QED) is 0.787. The number of aromatic nitrogens is 2. The van der Waals surface area contributed by atoms with Crippen LogP contribution in [-0.2, 0) is 12.8 Å². The molecule has 25 heavy (non-hydrogen) atoms. The molecule has 3 rings (SSSR count). The largest absolute Gasteiger partial charge is 0.283 e. The van der Waals surface area contributed by atoms with E-state index in [4.69, 9.17) is 0 Å². The van der Waals surface area contributed by atoms with Gasteiger partial charge in [-0.1, -0.05) is 25.3 Å². The topological polar surface area (TPSA) is 84.0 Å². The molecule has 8 heteroatoms. The van der Waals surface area contributed by atoms with Gasteiger partial charge >= 0.3 is 0 Å². The molecule has 1 aliphatic rings. The van der Waals surface area contributed by atoms with Crippen LogP contribution in [0.5, 0.6) is 0 Å². The number of carbonyl (C=O) groups excluding carboxylic acids is 2. The minimum Gasteiger partial charge on any atom is -0.266 e. The summed E-state index contributed by atoms with van der Waals surface area (Å²) in [6.45, 7) is 8.52. The van der Waals surface area contributed by atoms with Crippen molar-refractivity contribution in [2.75, 3.05) is 0 Å². The third-order valence-corrected chi connectivity index (χ3v) is 6.74. The molecule has 0 spiro atoms. The molecule has 2 aromatic heterocycles. The van der Waals surface area contributed by atoms with Crippen molar-refractivity contribution < 1.29 is 9.59 Å². The molecule has 134 valence electrons. The lowest BCUT2D eigenvalue weighted by molar-refractivity contribution is 0.0850. The van der Waals surface area contributed by atoms with Gasteiger partial charge in [0.2, 0.25) is 0 Å². The van der Waals surface area contributed by atoms with Crippen LogP contribution in [0.1, 0.15) is 62.7 Å². The lowest BCUT2D eigenvalue weighted by Crippen LogP contribution is -2.41. The Kier molecular flexibility index (Phi) is 4.92. The number of hydrogen-bond acceptors (Lipinski definition) is 6. The summed E-state index contributed by atoms with van der Waals surface area (Å²) in [5.41, 5.74) is 7.02. The van der Waals surface area contributed by atoms with Crippen LogP contribution in [-0.4, -0.2) is 21.4 Å². The molecule has 1 atom stereocenters. The first-order chi connectivity index (χ1) is 11.8. The van der Waals surface area contributed by atoms with E-state index in [1.54, 1.807) is 6.92 Å². The third kappa shape index (κ3) is 3.90. The number of carbonyl (C=O) groups is 2. The lowest BCUT2D eigenvalue weighted by atomic mass is 9.72. The first kappa shape index (κ1) is 18.0. The number of hydrazine groups is 1. The van der Waals surface area contributed by atoms with E-state index in [1.165, 1.54) is 21.8 Å². The Morgan fingerprint density at radius 2 is 1.96 bits per heavy atom. The average Bonchev–Trinajstić information content (AvgIpc) is 3.16. The van der Waals surface area contributed by atoms with E-state index in [1.807, 2.05) is 6.07 Å². The van der Waals surface area contributed by atoms with Gasteiger partial charge in [-0.25, -0.2) is 0 Å². The Bertz CT molecular complexity index is 804. The van der Waals surface area contributed by atoms with Gasteiger partial charge in [0.05, 0.1) is 10.6 Å². The van der Waals surface area contributed by atoms with Gasteiger partial charge in [-0.05, 0) is 60.7 Å². The van der Waals surface area contributed by atoms with Gasteiger partial charge in [-0.15, -0.1) is 16.4 Å². The summed E-state index contributed by atoms with van der Waals surface area (Å²) in [6, 6.07) is 1.97. The van der Waals surface area contributed by atoms with Crippen LogP contribution in [0.15, 0.2) is 6.07 Å². The minimum absolute atomic E-state index is 0.274. The average molecular weight is 379 g/mol. The highest BCUT2D eigenvalue weighted by Gasteiger charge is 2.30. The van der Waals surface area contributed by atoms with Crippen molar-refractivity contribution in [3.05, 3.63) is 32.0 Å². The van der Waals surface area contributed by atoms with E-state index in [0.29, 0.717) is 21.4 Å². The molecule has 2 aromatic rings. The van der Waals surface area contributed by atoms with Gasteiger partial charge < -0.3 is 0 Å². The summed E-state index contributed by atoms with van der Waals surface area (Å²) in [7, 11) is 0. The highest BCUT2D eigenvalue weighted by Crippen LogP contribution is 2.40. The fraction of sp³-hybridized carbons (Fsp3) is 0.529. The van der Waals surface area contributed by atoms with Gasteiger partial charge in [0.25, 0.3) is 11.8 Å². The normalized spacial score (nSPS) is 17.0. The SMILES string of the molecule is Cc1nnsc1C(=O)NNC(=O)c1cc2c(s1)CC[C@@H](C(C)(C)C)C2. The Labute approximate surface area is 155 Å². The van der Waals surface area contributed by atoms with Crippen LogP contribution < -0.4 is 10.9 Å². The maximum atomic E-state index is 12.4. The van der Waals surface area contributed by atoms with E-state index in [-0.39, 0.29) is 11.3 Å². The maximum absolute atomic E-state index is 12.4. The van der Waals surface area contributed by atoms with Crippen molar-refractivity contribution in [1.29, 1.82) is 0 Å². The standard InChI is InChI=1S/C17H22N4O2S2/c1-9-14(25-21-18-9)16(23)20-19-15(22)13-8-10-7-11(17(2,3)4)5-6-12(10)24-13/h8,11H,5-7H2,1-4H3,(H,19,22)(H,20,23)/t11-/m1/s1. The van der Waals surface area contributed by atoms with Crippen LogP contribution in [0.25, 0.3) is 0 Å². The molecular weight excluding hydrogens is 356 g/mol. The predicted molar refractivity (Wildman–Crippen MR) is 98.9 cm³/mol. The van der Waals surface area contributed by atoms with Gasteiger partial charge in [-0.2, -0.15) is 0 Å². The van der Waals surface area contributed by atoms with Crippen molar-refractivity contribution in [3.8, 4) is 0 Å². The summed E-state index contributed by atoms with van der Waals surface area (Å²) >= 11 is 2.53. The number of rotatable bonds is 2. The molecule has 2 heterocycles. The number of nitrogens with zero attached hydrogens (tertiary/aromatic N) is 2. The number of thiophene rings is 1. The van der Waals surface area contributed by atoms with Crippen LogP contribution in [0, 0.1) is 18.3 Å². The second kappa shape index (κ2) is 6.84. The van der Waals surface area contributed by atoms with Crippen molar-refractivity contribution in [1.82, 2.24) is 20.4 Å². The predicted octanol–water partition coefficient (Wildman–Crippen LogP) is 3.13. The van der Waals surface area contributed by atoms with E-state index in [0.717, 1.165) is 30.8 Å². The second-order valence-corrected chi connectivity index (χ2v) is 9.35. The summed E-state index contributed by atoms with van der Waals surface area (Å²) in [5.74, 6) is -0.0443. The number of amides is 2. The molecule has 0 fully saturated rings. The number of nitrogens with one attached hydrogen (secondary N) is 2. The van der Waals surface area contributed by atoms with E-state index < -0.39 is 5.91 Å². The first-order valence-corrected chi connectivity index (χ1v) is 9.86.